The van der Waals surface area contributed by atoms with Gasteiger partial charge in [-0.2, -0.15) is 5.26 Å². The molecular formula is C9H6N2O3. The third-order valence-electron chi connectivity index (χ3n) is 1.89. The number of carbonyl (C=O) groups is 1. The molecule has 14 heavy (non-hydrogen) atoms. The van der Waals surface area contributed by atoms with Gasteiger partial charge in [-0.05, 0) is 12.1 Å². The van der Waals surface area contributed by atoms with Crippen molar-refractivity contribution in [1.82, 2.24) is 5.06 Å². The molecule has 1 aliphatic rings. The Kier molecular flexibility index (Phi) is 1.84. The molecule has 1 aliphatic heterocycles. The van der Waals surface area contributed by atoms with Crippen molar-refractivity contribution in [3.8, 4) is 6.07 Å². The molecule has 5 heteroatoms. The zero-order chi connectivity index (χ0) is 10.1. The number of nitrogens with zero attached hydrogens (tertiary/aromatic N) is 2. The van der Waals surface area contributed by atoms with E-state index in [1.807, 2.05) is 6.07 Å². The average Bonchev–Trinajstić information content (AvgIpc) is 2.97. The molecule has 1 unspecified atom stereocenters. The number of benzene rings is 1. The van der Waals surface area contributed by atoms with Gasteiger partial charge in [-0.15, -0.1) is 5.06 Å². The van der Waals surface area contributed by atoms with E-state index in [9.17, 15) is 4.79 Å². The summed E-state index contributed by atoms with van der Waals surface area (Å²) in [4.78, 5) is 15.2. The second-order valence-electron chi connectivity index (χ2n) is 2.80. The van der Waals surface area contributed by atoms with Crippen LogP contribution in [-0.2, 0) is 4.84 Å². The van der Waals surface area contributed by atoms with Gasteiger partial charge >= 0.3 is 6.09 Å². The first-order valence-electron chi connectivity index (χ1n) is 3.91. The van der Waals surface area contributed by atoms with Crippen molar-refractivity contribution in [1.29, 1.82) is 5.26 Å². The number of hydrogen-bond donors (Lipinski definition) is 1. The van der Waals surface area contributed by atoms with Crippen LogP contribution in [-0.4, -0.2) is 16.3 Å². The van der Waals surface area contributed by atoms with Gasteiger partial charge in [0.2, 0.25) is 6.23 Å². The largest absolute Gasteiger partial charge is 0.463 e. The predicted octanol–water partition coefficient (Wildman–Crippen LogP) is 1.48. The lowest BCUT2D eigenvalue weighted by atomic mass is 10.1. The van der Waals surface area contributed by atoms with Crippen LogP contribution in [0.1, 0.15) is 17.4 Å². The number of rotatable bonds is 1. The summed E-state index contributed by atoms with van der Waals surface area (Å²) in [5.74, 6) is 0. The maximum Gasteiger partial charge on any atom is 0.434 e. The first kappa shape index (κ1) is 8.53. The number of hydrogen-bond acceptors (Lipinski definition) is 3. The minimum Gasteiger partial charge on any atom is -0.463 e. The molecule has 1 heterocycles. The SMILES string of the molecule is N#Cc1ccc(C2ON2C(=O)O)cc1. The summed E-state index contributed by atoms with van der Waals surface area (Å²) >= 11 is 0. The second kappa shape index (κ2) is 3.01. The third-order valence-corrected chi connectivity index (χ3v) is 1.89. The first-order valence-corrected chi connectivity index (χ1v) is 3.91. The van der Waals surface area contributed by atoms with Crippen molar-refractivity contribution in [2.45, 2.75) is 6.23 Å². The quantitative estimate of drug-likeness (QED) is 0.680. The second-order valence-corrected chi connectivity index (χ2v) is 2.80. The number of amides is 1. The molecule has 1 N–H and O–H groups in total. The maximum absolute atomic E-state index is 10.4. The molecule has 1 aromatic carbocycles. The average molecular weight is 190 g/mol. The van der Waals surface area contributed by atoms with Crippen molar-refractivity contribution in [3.05, 3.63) is 35.4 Å². The Balaban J connectivity index is 2.13. The molecule has 1 amide bonds. The molecule has 0 aliphatic carbocycles. The molecule has 0 saturated carbocycles. The van der Waals surface area contributed by atoms with Crippen LogP contribution in [0.4, 0.5) is 4.79 Å². The van der Waals surface area contributed by atoms with Crippen LogP contribution < -0.4 is 0 Å². The van der Waals surface area contributed by atoms with Crippen LogP contribution in [0.3, 0.4) is 0 Å². The van der Waals surface area contributed by atoms with Crippen LogP contribution in [0.5, 0.6) is 0 Å². The summed E-state index contributed by atoms with van der Waals surface area (Å²) in [5, 5.41) is 17.9. The van der Waals surface area contributed by atoms with E-state index < -0.39 is 12.3 Å². The van der Waals surface area contributed by atoms with Crippen molar-refractivity contribution in [2.24, 2.45) is 0 Å². The predicted molar refractivity (Wildman–Crippen MR) is 44.8 cm³/mol. The summed E-state index contributed by atoms with van der Waals surface area (Å²) in [6.07, 6.45) is -1.63. The van der Waals surface area contributed by atoms with Crippen molar-refractivity contribution in [3.63, 3.8) is 0 Å². The molecule has 5 nitrogen and oxygen atoms in total. The lowest BCUT2D eigenvalue weighted by Gasteiger charge is -1.93. The highest BCUT2D eigenvalue weighted by Gasteiger charge is 2.42. The molecule has 2 rings (SSSR count). The van der Waals surface area contributed by atoms with Gasteiger partial charge in [0.05, 0.1) is 11.6 Å². The molecule has 1 aromatic rings. The highest BCUT2D eigenvalue weighted by atomic mass is 16.9. The summed E-state index contributed by atoms with van der Waals surface area (Å²) in [6.45, 7) is 0. The van der Waals surface area contributed by atoms with Crippen molar-refractivity contribution >= 4 is 6.09 Å². The summed E-state index contributed by atoms with van der Waals surface area (Å²) < 4.78 is 0. The zero-order valence-electron chi connectivity index (χ0n) is 7.04. The molecular weight excluding hydrogens is 184 g/mol. The Morgan fingerprint density at radius 2 is 2.14 bits per heavy atom. The normalized spacial score (nSPS) is 18.8. The van der Waals surface area contributed by atoms with Crippen LogP contribution >= 0.6 is 0 Å². The van der Waals surface area contributed by atoms with Crippen LogP contribution in [0.15, 0.2) is 24.3 Å². The van der Waals surface area contributed by atoms with Gasteiger partial charge in [-0.3, -0.25) is 0 Å². The number of hydroxylamine groups is 2. The Bertz CT molecular complexity index is 407. The van der Waals surface area contributed by atoms with Crippen LogP contribution in [0, 0.1) is 11.3 Å². The Morgan fingerprint density at radius 1 is 1.50 bits per heavy atom. The van der Waals surface area contributed by atoms with Gasteiger partial charge in [0.1, 0.15) is 0 Å². The lowest BCUT2D eigenvalue weighted by Crippen LogP contribution is -2.06. The molecule has 1 atom stereocenters. The summed E-state index contributed by atoms with van der Waals surface area (Å²) in [7, 11) is 0. The molecule has 70 valence electrons. The van der Waals surface area contributed by atoms with Crippen molar-refractivity contribution < 1.29 is 14.7 Å². The van der Waals surface area contributed by atoms with Crippen LogP contribution in [0.25, 0.3) is 0 Å². The van der Waals surface area contributed by atoms with E-state index >= 15 is 0 Å². The van der Waals surface area contributed by atoms with Gasteiger partial charge in [0, 0.05) is 5.56 Å². The molecule has 1 fully saturated rings. The lowest BCUT2D eigenvalue weighted by molar-refractivity contribution is 0.130. The summed E-state index contributed by atoms with van der Waals surface area (Å²) in [6, 6.07) is 8.57. The van der Waals surface area contributed by atoms with Gasteiger partial charge in [-0.1, -0.05) is 12.1 Å². The van der Waals surface area contributed by atoms with E-state index in [2.05, 4.69) is 0 Å². The smallest absolute Gasteiger partial charge is 0.434 e. The van der Waals surface area contributed by atoms with E-state index in [4.69, 9.17) is 15.2 Å². The fourth-order valence-corrected chi connectivity index (χ4v) is 1.14. The minimum atomic E-state index is -1.11. The van der Waals surface area contributed by atoms with E-state index in [0.717, 1.165) is 10.6 Å². The summed E-state index contributed by atoms with van der Waals surface area (Å²) in [5.41, 5.74) is 1.27. The number of nitriles is 1. The van der Waals surface area contributed by atoms with Gasteiger partial charge in [-0.25, -0.2) is 9.63 Å². The standard InChI is InChI=1S/C9H6N2O3/c10-5-6-1-3-7(4-2-6)8-11(14-8)9(12)13/h1-4,8H,(H,12,13). The van der Waals surface area contributed by atoms with E-state index in [0.29, 0.717) is 5.56 Å². The Labute approximate surface area is 79.7 Å². The van der Waals surface area contributed by atoms with E-state index in [1.54, 1.807) is 24.3 Å². The maximum atomic E-state index is 10.4. The molecule has 0 aromatic heterocycles. The fourth-order valence-electron chi connectivity index (χ4n) is 1.14. The first-order chi connectivity index (χ1) is 6.72. The molecule has 0 spiro atoms. The molecule has 0 radical (unpaired) electrons. The molecule has 0 bridgehead atoms. The number of carboxylic acid groups (broad SMARTS) is 1. The van der Waals surface area contributed by atoms with E-state index in [1.165, 1.54) is 0 Å². The van der Waals surface area contributed by atoms with Gasteiger partial charge in [0.25, 0.3) is 0 Å². The third kappa shape index (κ3) is 1.39. The highest BCUT2D eigenvalue weighted by molar-refractivity contribution is 5.66. The fraction of sp³-hybridized carbons (Fsp3) is 0.111. The van der Waals surface area contributed by atoms with E-state index in [-0.39, 0.29) is 0 Å². The topological polar surface area (TPSA) is 76.6 Å². The minimum absolute atomic E-state index is 0.514. The molecule has 1 saturated heterocycles. The Morgan fingerprint density at radius 3 is 2.57 bits per heavy atom. The van der Waals surface area contributed by atoms with Gasteiger partial charge < -0.3 is 5.11 Å². The Hall–Kier alpha value is -2.06. The monoisotopic (exact) mass is 190 g/mol. The zero-order valence-corrected chi connectivity index (χ0v) is 7.04. The highest BCUT2D eigenvalue weighted by Crippen LogP contribution is 2.36. The van der Waals surface area contributed by atoms with Gasteiger partial charge in [0.15, 0.2) is 0 Å². The van der Waals surface area contributed by atoms with Crippen LogP contribution in [0.2, 0.25) is 0 Å². The van der Waals surface area contributed by atoms with Crippen molar-refractivity contribution in [2.75, 3.05) is 0 Å².